The number of rotatable bonds is 7. The van der Waals surface area contributed by atoms with Gasteiger partial charge in [-0.25, -0.2) is 18.0 Å². The monoisotopic (exact) mass is 498 g/mol. The summed E-state index contributed by atoms with van der Waals surface area (Å²) in [6.45, 7) is 4.07. The number of carbonyl (C=O) groups is 1. The highest BCUT2D eigenvalue weighted by Gasteiger charge is 2.37. The molecule has 192 valence electrons. The first-order valence-corrected chi connectivity index (χ1v) is 12.8. The summed E-state index contributed by atoms with van der Waals surface area (Å²) in [6, 6.07) is 5.78. The Labute approximate surface area is 211 Å². The number of benzene rings is 2. The molecule has 2 fully saturated rings. The molecule has 2 aromatic rings. The molecule has 2 saturated carbocycles. The van der Waals surface area contributed by atoms with Crippen molar-refractivity contribution in [1.82, 2.24) is 0 Å². The van der Waals surface area contributed by atoms with Crippen LogP contribution in [0.4, 0.5) is 13.2 Å². The summed E-state index contributed by atoms with van der Waals surface area (Å²) in [6.07, 6.45) is 13.7. The number of halogens is 3. The summed E-state index contributed by atoms with van der Waals surface area (Å²) < 4.78 is 54.9. The molecule has 0 aliphatic heterocycles. The molecule has 0 N–H and O–H groups in total. The van der Waals surface area contributed by atoms with Gasteiger partial charge in [0.15, 0.2) is 11.6 Å². The molecule has 0 spiro atoms. The van der Waals surface area contributed by atoms with Crippen LogP contribution in [-0.2, 0) is 0 Å². The fourth-order valence-electron chi connectivity index (χ4n) is 5.79. The molecule has 6 heteroatoms. The molecule has 0 saturated heterocycles. The Bertz CT molecular complexity index is 1120. The third kappa shape index (κ3) is 6.03. The molecule has 0 radical (unpaired) electrons. The Balaban J connectivity index is 1.42. The number of fused-ring (bicyclic) bond motifs is 1. The Morgan fingerprint density at radius 2 is 1.64 bits per heavy atom. The summed E-state index contributed by atoms with van der Waals surface area (Å²) in [5.41, 5.74) is -0.183. The van der Waals surface area contributed by atoms with Gasteiger partial charge in [-0.15, -0.1) is 0 Å². The summed E-state index contributed by atoms with van der Waals surface area (Å²) in [4.78, 5) is 12.6. The van der Waals surface area contributed by atoms with E-state index in [-0.39, 0.29) is 35.2 Å². The van der Waals surface area contributed by atoms with Crippen molar-refractivity contribution in [2.45, 2.75) is 58.3 Å². The molecule has 2 aromatic carbocycles. The van der Waals surface area contributed by atoms with E-state index < -0.39 is 23.4 Å². The highest BCUT2D eigenvalue weighted by atomic mass is 19.1. The third-order valence-electron chi connectivity index (χ3n) is 7.53. The molecule has 0 amide bonds. The molecule has 0 aromatic heterocycles. The normalized spacial score (nSPS) is 24.1. The van der Waals surface area contributed by atoms with Crippen LogP contribution < -0.4 is 9.47 Å². The standard InChI is InChI=1S/C30H33F3O3/c1-3-5-13-35-28-12-11-24(18-25(28)31)36-30(34)23-16-26(32)29(27(33)17-23)22-10-9-20-14-19(6-4-2)7-8-21(20)15-22/h3-6,11-12,16-22H,7-10,13-15H2,1-2H3/b5-3+,6-4+. The smallest absolute Gasteiger partial charge is 0.343 e. The number of ether oxygens (including phenoxy) is 2. The van der Waals surface area contributed by atoms with Crippen molar-refractivity contribution in [1.29, 1.82) is 0 Å². The fraction of sp³-hybridized carbons (Fsp3) is 0.433. The van der Waals surface area contributed by atoms with Gasteiger partial charge in [0.1, 0.15) is 24.0 Å². The van der Waals surface area contributed by atoms with Gasteiger partial charge >= 0.3 is 5.97 Å². The number of esters is 1. The van der Waals surface area contributed by atoms with Crippen LogP contribution >= 0.6 is 0 Å². The van der Waals surface area contributed by atoms with Crippen LogP contribution in [0.15, 0.2) is 54.6 Å². The van der Waals surface area contributed by atoms with E-state index in [0.717, 1.165) is 56.7 Å². The molecule has 2 aliphatic rings. The van der Waals surface area contributed by atoms with Gasteiger partial charge in [-0.05, 0) is 100 Å². The maximum absolute atomic E-state index is 15.1. The molecule has 3 nitrogen and oxygen atoms in total. The van der Waals surface area contributed by atoms with Crippen LogP contribution in [0.2, 0.25) is 0 Å². The summed E-state index contributed by atoms with van der Waals surface area (Å²) in [5, 5.41) is 0. The summed E-state index contributed by atoms with van der Waals surface area (Å²) >= 11 is 0. The van der Waals surface area contributed by atoms with Gasteiger partial charge in [-0.1, -0.05) is 24.3 Å². The van der Waals surface area contributed by atoms with Gasteiger partial charge in [0.2, 0.25) is 0 Å². The van der Waals surface area contributed by atoms with Crippen molar-refractivity contribution >= 4 is 5.97 Å². The zero-order valence-corrected chi connectivity index (χ0v) is 20.8. The molecule has 4 rings (SSSR count). The first-order valence-electron chi connectivity index (χ1n) is 12.8. The van der Waals surface area contributed by atoms with Gasteiger partial charge in [0, 0.05) is 11.6 Å². The van der Waals surface area contributed by atoms with Gasteiger partial charge in [-0.3, -0.25) is 0 Å². The lowest BCUT2D eigenvalue weighted by Gasteiger charge is -2.42. The minimum atomic E-state index is -0.952. The Kier molecular flexibility index (Phi) is 8.55. The second kappa shape index (κ2) is 11.8. The van der Waals surface area contributed by atoms with Crippen LogP contribution in [0.1, 0.15) is 74.2 Å². The van der Waals surface area contributed by atoms with E-state index in [0.29, 0.717) is 17.8 Å². The van der Waals surface area contributed by atoms with Gasteiger partial charge in [-0.2, -0.15) is 0 Å². The van der Waals surface area contributed by atoms with Gasteiger partial charge in [0.05, 0.1) is 5.56 Å². The highest BCUT2D eigenvalue weighted by Crippen LogP contribution is 2.48. The Hall–Kier alpha value is -3.02. The van der Waals surface area contributed by atoms with E-state index in [1.165, 1.54) is 12.1 Å². The van der Waals surface area contributed by atoms with Crippen molar-refractivity contribution in [2.24, 2.45) is 17.8 Å². The van der Waals surface area contributed by atoms with Crippen molar-refractivity contribution < 1.29 is 27.4 Å². The van der Waals surface area contributed by atoms with E-state index in [4.69, 9.17) is 9.47 Å². The van der Waals surface area contributed by atoms with Crippen LogP contribution in [-0.4, -0.2) is 12.6 Å². The number of hydrogen-bond donors (Lipinski definition) is 0. The predicted molar refractivity (Wildman–Crippen MR) is 134 cm³/mol. The lowest BCUT2D eigenvalue weighted by atomic mass is 9.63. The zero-order valence-electron chi connectivity index (χ0n) is 20.8. The third-order valence-corrected chi connectivity index (χ3v) is 7.53. The molecular weight excluding hydrogens is 465 g/mol. The van der Waals surface area contributed by atoms with E-state index >= 15 is 8.78 Å². The quantitative estimate of drug-likeness (QED) is 0.219. The SMILES string of the molecule is C/C=C/COc1ccc(OC(=O)c2cc(F)c(C3CCC4CC(/C=C/C)CCC4C3)c(F)c2)cc1F. The zero-order chi connectivity index (χ0) is 25.7. The molecule has 4 atom stereocenters. The largest absolute Gasteiger partial charge is 0.486 e. The maximum Gasteiger partial charge on any atom is 0.343 e. The molecule has 4 unspecified atom stereocenters. The van der Waals surface area contributed by atoms with E-state index in [2.05, 4.69) is 12.2 Å². The van der Waals surface area contributed by atoms with Crippen molar-refractivity contribution in [3.8, 4) is 11.5 Å². The lowest BCUT2D eigenvalue weighted by Crippen LogP contribution is -2.30. The summed E-state index contributed by atoms with van der Waals surface area (Å²) in [7, 11) is 0. The number of allylic oxidation sites excluding steroid dienone is 3. The minimum absolute atomic E-state index is 0.0133. The first-order chi connectivity index (χ1) is 17.4. The minimum Gasteiger partial charge on any atom is -0.486 e. The van der Waals surface area contributed by atoms with Gasteiger partial charge in [0.25, 0.3) is 0 Å². The average Bonchev–Trinajstić information content (AvgIpc) is 2.85. The fourth-order valence-corrected chi connectivity index (χ4v) is 5.79. The number of carbonyl (C=O) groups excluding carboxylic acids is 1. The second-order valence-electron chi connectivity index (χ2n) is 9.84. The van der Waals surface area contributed by atoms with Crippen LogP contribution in [0, 0.1) is 35.2 Å². The molecule has 36 heavy (non-hydrogen) atoms. The van der Waals surface area contributed by atoms with Crippen LogP contribution in [0.5, 0.6) is 11.5 Å². The van der Waals surface area contributed by atoms with E-state index in [9.17, 15) is 9.18 Å². The van der Waals surface area contributed by atoms with E-state index in [1.807, 2.05) is 13.8 Å². The number of hydrogen-bond acceptors (Lipinski definition) is 3. The maximum atomic E-state index is 15.1. The van der Waals surface area contributed by atoms with Crippen molar-refractivity contribution in [2.75, 3.05) is 6.61 Å². The average molecular weight is 499 g/mol. The Morgan fingerprint density at radius 3 is 2.33 bits per heavy atom. The van der Waals surface area contributed by atoms with Crippen molar-refractivity contribution in [3.63, 3.8) is 0 Å². The molecule has 0 bridgehead atoms. The highest BCUT2D eigenvalue weighted by molar-refractivity contribution is 5.91. The first kappa shape index (κ1) is 26.1. The molecule has 0 heterocycles. The van der Waals surface area contributed by atoms with Crippen LogP contribution in [0.25, 0.3) is 0 Å². The Morgan fingerprint density at radius 1 is 0.917 bits per heavy atom. The topological polar surface area (TPSA) is 35.5 Å². The van der Waals surface area contributed by atoms with Crippen LogP contribution in [0.3, 0.4) is 0 Å². The molecular formula is C30H33F3O3. The predicted octanol–water partition coefficient (Wildman–Crippen LogP) is 8.15. The van der Waals surface area contributed by atoms with Gasteiger partial charge < -0.3 is 9.47 Å². The van der Waals surface area contributed by atoms with E-state index in [1.54, 1.807) is 12.2 Å². The lowest BCUT2D eigenvalue weighted by molar-refractivity contribution is 0.0732. The van der Waals surface area contributed by atoms with Crippen molar-refractivity contribution in [3.05, 3.63) is 83.2 Å². The second-order valence-corrected chi connectivity index (χ2v) is 9.84. The molecule has 2 aliphatic carbocycles. The summed E-state index contributed by atoms with van der Waals surface area (Å²) in [5.74, 6) is -1.67.